The smallest absolute Gasteiger partial charge is 0.232 e. The monoisotopic (exact) mass is 370 g/mol. The Morgan fingerprint density at radius 3 is 2.81 bits per heavy atom. The SMILES string of the molecule is COc1ccc(N2C[C@H](c3nc(-c4ccncc4)no3)CC2=O)cc1Cl. The van der Waals surface area contributed by atoms with Crippen LogP contribution in [-0.2, 0) is 4.79 Å². The number of aromatic nitrogens is 3. The predicted molar refractivity (Wildman–Crippen MR) is 95.2 cm³/mol. The predicted octanol–water partition coefficient (Wildman–Crippen LogP) is 3.31. The van der Waals surface area contributed by atoms with Crippen LogP contribution in [0.2, 0.25) is 5.02 Å². The number of carbonyl (C=O) groups excluding carboxylic acids is 1. The number of carbonyl (C=O) groups is 1. The number of pyridine rings is 1. The Morgan fingerprint density at radius 1 is 1.27 bits per heavy atom. The first-order chi connectivity index (χ1) is 12.7. The molecule has 1 atom stereocenters. The van der Waals surface area contributed by atoms with Crippen molar-refractivity contribution < 1.29 is 14.1 Å². The number of benzene rings is 1. The number of hydrogen-bond acceptors (Lipinski definition) is 6. The van der Waals surface area contributed by atoms with E-state index in [-0.39, 0.29) is 11.8 Å². The van der Waals surface area contributed by atoms with E-state index in [1.807, 2.05) is 0 Å². The van der Waals surface area contributed by atoms with Gasteiger partial charge in [-0.15, -0.1) is 0 Å². The second kappa shape index (κ2) is 6.76. The van der Waals surface area contributed by atoms with Crippen molar-refractivity contribution in [2.45, 2.75) is 12.3 Å². The van der Waals surface area contributed by atoms with E-state index >= 15 is 0 Å². The van der Waals surface area contributed by atoms with Crippen LogP contribution in [0.3, 0.4) is 0 Å². The fourth-order valence-electron chi connectivity index (χ4n) is 2.96. The number of methoxy groups -OCH3 is 1. The molecule has 0 unspecified atom stereocenters. The number of hydrogen-bond donors (Lipinski definition) is 0. The van der Waals surface area contributed by atoms with E-state index in [2.05, 4.69) is 15.1 Å². The van der Waals surface area contributed by atoms with Gasteiger partial charge in [0.2, 0.25) is 17.6 Å². The first-order valence-corrected chi connectivity index (χ1v) is 8.41. The molecular formula is C18H15ClN4O3. The van der Waals surface area contributed by atoms with E-state index in [9.17, 15) is 4.79 Å². The summed E-state index contributed by atoms with van der Waals surface area (Å²) in [6, 6.07) is 8.88. The zero-order valence-electron chi connectivity index (χ0n) is 13.9. The van der Waals surface area contributed by atoms with Gasteiger partial charge in [0.25, 0.3) is 0 Å². The molecule has 1 saturated heterocycles. The molecule has 1 amide bonds. The minimum absolute atomic E-state index is 0.0140. The highest BCUT2D eigenvalue weighted by Gasteiger charge is 2.35. The molecule has 3 heterocycles. The van der Waals surface area contributed by atoms with Gasteiger partial charge in [-0.05, 0) is 30.3 Å². The highest BCUT2D eigenvalue weighted by atomic mass is 35.5. The van der Waals surface area contributed by atoms with Crippen LogP contribution in [0.25, 0.3) is 11.4 Å². The molecular weight excluding hydrogens is 356 g/mol. The van der Waals surface area contributed by atoms with Gasteiger partial charge < -0.3 is 14.2 Å². The van der Waals surface area contributed by atoms with Gasteiger partial charge in [0, 0.05) is 36.6 Å². The van der Waals surface area contributed by atoms with E-state index < -0.39 is 0 Å². The summed E-state index contributed by atoms with van der Waals surface area (Å²) in [5.74, 6) is 1.33. The Hall–Kier alpha value is -2.93. The molecule has 1 aromatic carbocycles. The molecule has 0 radical (unpaired) electrons. The van der Waals surface area contributed by atoms with Crippen molar-refractivity contribution in [2.24, 2.45) is 0 Å². The molecule has 26 heavy (non-hydrogen) atoms. The molecule has 4 rings (SSSR count). The van der Waals surface area contributed by atoms with Gasteiger partial charge in [0.15, 0.2) is 0 Å². The van der Waals surface area contributed by atoms with Crippen LogP contribution in [0.15, 0.2) is 47.2 Å². The van der Waals surface area contributed by atoms with Crippen molar-refractivity contribution in [3.8, 4) is 17.1 Å². The van der Waals surface area contributed by atoms with Crippen molar-refractivity contribution in [2.75, 3.05) is 18.6 Å². The maximum absolute atomic E-state index is 12.5. The Bertz CT molecular complexity index is 945. The summed E-state index contributed by atoms with van der Waals surface area (Å²) in [6.45, 7) is 0.458. The summed E-state index contributed by atoms with van der Waals surface area (Å²) in [6.07, 6.45) is 3.64. The summed E-state index contributed by atoms with van der Waals surface area (Å²) in [4.78, 5) is 22.5. The molecule has 0 bridgehead atoms. The number of anilines is 1. The number of halogens is 1. The Labute approximate surface area is 154 Å². The van der Waals surface area contributed by atoms with E-state index in [0.29, 0.717) is 35.5 Å². The fraction of sp³-hybridized carbons (Fsp3) is 0.222. The van der Waals surface area contributed by atoms with Crippen LogP contribution in [0.5, 0.6) is 5.75 Å². The fourth-order valence-corrected chi connectivity index (χ4v) is 3.22. The Balaban J connectivity index is 1.55. The molecule has 1 aliphatic rings. The zero-order chi connectivity index (χ0) is 18.1. The van der Waals surface area contributed by atoms with Crippen molar-refractivity contribution in [3.05, 3.63) is 53.6 Å². The van der Waals surface area contributed by atoms with E-state index in [4.69, 9.17) is 20.9 Å². The van der Waals surface area contributed by atoms with Gasteiger partial charge in [0.1, 0.15) is 5.75 Å². The number of rotatable bonds is 4. The molecule has 0 N–H and O–H groups in total. The molecule has 0 spiro atoms. The molecule has 8 heteroatoms. The van der Waals surface area contributed by atoms with Crippen molar-refractivity contribution >= 4 is 23.2 Å². The molecule has 1 aliphatic heterocycles. The largest absolute Gasteiger partial charge is 0.495 e. The van der Waals surface area contributed by atoms with Crippen LogP contribution in [0.4, 0.5) is 5.69 Å². The number of nitrogens with zero attached hydrogens (tertiary/aromatic N) is 4. The lowest BCUT2D eigenvalue weighted by molar-refractivity contribution is -0.117. The quantitative estimate of drug-likeness (QED) is 0.700. The summed E-state index contributed by atoms with van der Waals surface area (Å²) >= 11 is 6.17. The topological polar surface area (TPSA) is 81.3 Å². The Kier molecular flexibility index (Phi) is 4.30. The maximum Gasteiger partial charge on any atom is 0.232 e. The maximum atomic E-state index is 12.5. The number of amides is 1. The average Bonchev–Trinajstić information content (AvgIpc) is 3.29. The van der Waals surface area contributed by atoms with Gasteiger partial charge in [-0.25, -0.2) is 0 Å². The lowest BCUT2D eigenvalue weighted by Crippen LogP contribution is -2.24. The lowest BCUT2D eigenvalue weighted by Gasteiger charge is -2.17. The molecule has 1 fully saturated rings. The molecule has 132 valence electrons. The number of ether oxygens (including phenoxy) is 1. The summed E-state index contributed by atoms with van der Waals surface area (Å²) in [5, 5.41) is 4.47. The lowest BCUT2D eigenvalue weighted by atomic mass is 10.1. The highest BCUT2D eigenvalue weighted by molar-refractivity contribution is 6.32. The van der Waals surface area contributed by atoms with Gasteiger partial charge in [-0.3, -0.25) is 9.78 Å². The van der Waals surface area contributed by atoms with Crippen LogP contribution in [0, 0.1) is 0 Å². The van der Waals surface area contributed by atoms with E-state index in [1.165, 1.54) is 0 Å². The van der Waals surface area contributed by atoms with Crippen LogP contribution in [0.1, 0.15) is 18.2 Å². The standard InChI is InChI=1S/C18H15ClN4O3/c1-25-15-3-2-13(9-14(15)19)23-10-12(8-16(23)24)18-21-17(22-26-18)11-4-6-20-7-5-11/h2-7,9,12H,8,10H2,1H3/t12-/m1/s1. The molecule has 0 saturated carbocycles. The van der Waals surface area contributed by atoms with Crippen LogP contribution < -0.4 is 9.64 Å². The van der Waals surface area contributed by atoms with Gasteiger partial charge in [-0.1, -0.05) is 16.8 Å². The summed E-state index contributed by atoms with van der Waals surface area (Å²) in [7, 11) is 1.55. The zero-order valence-corrected chi connectivity index (χ0v) is 14.7. The second-order valence-electron chi connectivity index (χ2n) is 5.92. The average molecular weight is 371 g/mol. The van der Waals surface area contributed by atoms with Gasteiger partial charge in [0.05, 0.1) is 18.1 Å². The molecule has 2 aromatic heterocycles. The van der Waals surface area contributed by atoms with E-state index in [1.54, 1.807) is 54.7 Å². The van der Waals surface area contributed by atoms with E-state index in [0.717, 1.165) is 11.3 Å². The third kappa shape index (κ3) is 3.01. The van der Waals surface area contributed by atoms with Crippen molar-refractivity contribution in [1.29, 1.82) is 0 Å². The third-order valence-corrected chi connectivity index (χ3v) is 4.60. The minimum Gasteiger partial charge on any atom is -0.495 e. The molecule has 7 nitrogen and oxygen atoms in total. The third-order valence-electron chi connectivity index (χ3n) is 4.30. The first-order valence-electron chi connectivity index (χ1n) is 8.03. The highest BCUT2D eigenvalue weighted by Crippen LogP contribution is 2.35. The van der Waals surface area contributed by atoms with Crippen molar-refractivity contribution in [1.82, 2.24) is 15.1 Å². The summed E-state index contributed by atoms with van der Waals surface area (Å²) < 4.78 is 10.5. The Morgan fingerprint density at radius 2 is 2.08 bits per heavy atom. The first kappa shape index (κ1) is 16.5. The minimum atomic E-state index is -0.161. The molecule has 0 aliphatic carbocycles. The summed E-state index contributed by atoms with van der Waals surface area (Å²) in [5.41, 5.74) is 1.54. The molecule has 3 aromatic rings. The van der Waals surface area contributed by atoms with Crippen molar-refractivity contribution in [3.63, 3.8) is 0 Å². The van der Waals surface area contributed by atoms with Gasteiger partial charge >= 0.3 is 0 Å². The van der Waals surface area contributed by atoms with Crippen LogP contribution in [-0.4, -0.2) is 34.7 Å². The second-order valence-corrected chi connectivity index (χ2v) is 6.32. The van der Waals surface area contributed by atoms with Gasteiger partial charge in [-0.2, -0.15) is 4.98 Å². The normalized spacial score (nSPS) is 16.9. The van der Waals surface area contributed by atoms with Crippen LogP contribution >= 0.6 is 11.6 Å².